The van der Waals surface area contributed by atoms with Crippen LogP contribution in [-0.2, 0) is 14.3 Å². The molecule has 172 valence electrons. The fourth-order valence-corrected chi connectivity index (χ4v) is 3.71. The minimum atomic E-state index is -1.03. The van der Waals surface area contributed by atoms with E-state index in [1.165, 1.54) is 96.3 Å². The number of ether oxygens (including phenoxy) is 1. The number of aliphatic carboxylic acids is 1. The maximum absolute atomic E-state index is 11.2. The van der Waals surface area contributed by atoms with Crippen molar-refractivity contribution in [2.75, 3.05) is 0 Å². The second-order valence-corrected chi connectivity index (χ2v) is 8.47. The van der Waals surface area contributed by atoms with E-state index in [1.54, 1.807) is 6.92 Å². The molecule has 29 heavy (non-hydrogen) atoms. The quantitative estimate of drug-likeness (QED) is 0.145. The lowest BCUT2D eigenvalue weighted by atomic mass is 10.0. The third kappa shape index (κ3) is 20.0. The highest BCUT2D eigenvalue weighted by atomic mass is 16.6. The third-order valence-electron chi connectivity index (χ3n) is 5.66. The lowest BCUT2D eigenvalue weighted by Crippen LogP contribution is -2.26. The fourth-order valence-electron chi connectivity index (χ4n) is 3.71. The summed E-state index contributed by atoms with van der Waals surface area (Å²) in [6.07, 6.45) is 23.3. The van der Waals surface area contributed by atoms with E-state index in [4.69, 9.17) is 9.84 Å². The number of hydrogen-bond acceptors (Lipinski definition) is 3. The van der Waals surface area contributed by atoms with Gasteiger partial charge < -0.3 is 9.84 Å². The van der Waals surface area contributed by atoms with Gasteiger partial charge in [0.1, 0.15) is 0 Å². The van der Waals surface area contributed by atoms with E-state index in [0.29, 0.717) is 6.42 Å². The number of carboxylic acid groups (broad SMARTS) is 1. The Morgan fingerprint density at radius 1 is 0.621 bits per heavy atom. The van der Waals surface area contributed by atoms with Crippen molar-refractivity contribution in [3.05, 3.63) is 0 Å². The number of rotatable bonds is 22. The Morgan fingerprint density at radius 3 is 1.28 bits per heavy atom. The molecule has 0 radical (unpaired) electrons. The highest BCUT2D eigenvalue weighted by Gasteiger charge is 2.20. The predicted molar refractivity (Wildman–Crippen MR) is 121 cm³/mol. The Hall–Kier alpha value is -1.06. The molecule has 4 heteroatoms. The molecule has 4 nitrogen and oxygen atoms in total. The zero-order valence-electron chi connectivity index (χ0n) is 19.4. The summed E-state index contributed by atoms with van der Waals surface area (Å²) in [5.41, 5.74) is 0. The maximum atomic E-state index is 11.2. The molecule has 0 saturated carbocycles. The van der Waals surface area contributed by atoms with Gasteiger partial charge in [-0.2, -0.15) is 0 Å². The van der Waals surface area contributed by atoms with Gasteiger partial charge in [-0.15, -0.1) is 0 Å². The lowest BCUT2D eigenvalue weighted by Gasteiger charge is -2.12. The van der Waals surface area contributed by atoms with Crippen LogP contribution in [0.15, 0.2) is 0 Å². The van der Waals surface area contributed by atoms with E-state index in [2.05, 4.69) is 6.92 Å². The molecule has 0 fully saturated rings. The first-order valence-electron chi connectivity index (χ1n) is 12.5. The molecule has 0 aromatic rings. The third-order valence-corrected chi connectivity index (χ3v) is 5.66. The standard InChI is InChI=1S/C25H48O4/c1-3-5-6-7-8-9-10-11-12-13-14-15-16-17-18-19-20-21-22-23(25(27)28)29-24(26)4-2/h23H,3-22H2,1-2H3,(H,27,28). The van der Waals surface area contributed by atoms with Crippen LogP contribution in [0.1, 0.15) is 142 Å². The van der Waals surface area contributed by atoms with Crippen LogP contribution < -0.4 is 0 Å². The van der Waals surface area contributed by atoms with Gasteiger partial charge in [-0.1, -0.05) is 123 Å². The molecule has 0 aliphatic carbocycles. The zero-order chi connectivity index (χ0) is 21.6. The van der Waals surface area contributed by atoms with Gasteiger partial charge in [-0.05, 0) is 12.8 Å². The monoisotopic (exact) mass is 412 g/mol. The zero-order valence-corrected chi connectivity index (χ0v) is 19.4. The molecule has 0 aromatic carbocycles. The predicted octanol–water partition coefficient (Wildman–Crippen LogP) is 7.82. The average Bonchev–Trinajstić information content (AvgIpc) is 2.71. The lowest BCUT2D eigenvalue weighted by molar-refractivity contribution is -0.164. The molecule has 0 aliphatic rings. The first kappa shape index (κ1) is 27.9. The molecular weight excluding hydrogens is 364 g/mol. The second-order valence-electron chi connectivity index (χ2n) is 8.47. The van der Waals surface area contributed by atoms with Crippen molar-refractivity contribution >= 4 is 11.9 Å². The molecule has 0 aliphatic heterocycles. The van der Waals surface area contributed by atoms with Crippen molar-refractivity contribution in [1.29, 1.82) is 0 Å². The SMILES string of the molecule is CCCCCCCCCCCCCCCCCCCCC(OC(=O)CC)C(=O)O. The van der Waals surface area contributed by atoms with Gasteiger partial charge in [0.05, 0.1) is 0 Å². The van der Waals surface area contributed by atoms with Crippen molar-refractivity contribution in [2.24, 2.45) is 0 Å². The summed E-state index contributed by atoms with van der Waals surface area (Å²) in [4.78, 5) is 22.3. The molecule has 0 aromatic heterocycles. The molecule has 0 spiro atoms. The normalized spacial score (nSPS) is 12.1. The number of esters is 1. The minimum Gasteiger partial charge on any atom is -0.479 e. The largest absolute Gasteiger partial charge is 0.479 e. The molecular formula is C25H48O4. The molecule has 1 atom stereocenters. The van der Waals surface area contributed by atoms with Crippen molar-refractivity contribution in [1.82, 2.24) is 0 Å². The van der Waals surface area contributed by atoms with Gasteiger partial charge in [-0.3, -0.25) is 4.79 Å². The van der Waals surface area contributed by atoms with Crippen molar-refractivity contribution in [3.63, 3.8) is 0 Å². The number of unbranched alkanes of at least 4 members (excludes halogenated alkanes) is 17. The van der Waals surface area contributed by atoms with Crippen LogP contribution in [0.2, 0.25) is 0 Å². The molecule has 0 heterocycles. The van der Waals surface area contributed by atoms with Gasteiger partial charge >= 0.3 is 11.9 Å². The van der Waals surface area contributed by atoms with Gasteiger partial charge in [0, 0.05) is 6.42 Å². The van der Waals surface area contributed by atoms with Crippen molar-refractivity contribution < 1.29 is 19.4 Å². The average molecular weight is 413 g/mol. The van der Waals surface area contributed by atoms with Crippen molar-refractivity contribution in [3.8, 4) is 0 Å². The molecule has 0 bridgehead atoms. The summed E-state index contributed by atoms with van der Waals surface area (Å²) in [6.45, 7) is 3.95. The Kier molecular flexibility index (Phi) is 20.9. The molecule has 0 rings (SSSR count). The fraction of sp³-hybridized carbons (Fsp3) is 0.920. The van der Waals surface area contributed by atoms with Crippen LogP contribution >= 0.6 is 0 Å². The molecule has 1 unspecified atom stereocenters. The van der Waals surface area contributed by atoms with Crippen molar-refractivity contribution in [2.45, 2.75) is 148 Å². The summed E-state index contributed by atoms with van der Waals surface area (Å²) in [7, 11) is 0. The smallest absolute Gasteiger partial charge is 0.345 e. The van der Waals surface area contributed by atoms with Crippen LogP contribution in [-0.4, -0.2) is 23.1 Å². The topological polar surface area (TPSA) is 63.6 Å². The van der Waals surface area contributed by atoms with Crippen LogP contribution in [0.25, 0.3) is 0 Å². The van der Waals surface area contributed by atoms with E-state index in [1.807, 2.05) is 0 Å². The number of carboxylic acids is 1. The first-order valence-corrected chi connectivity index (χ1v) is 12.5. The van der Waals surface area contributed by atoms with Crippen LogP contribution in [0.4, 0.5) is 0 Å². The van der Waals surface area contributed by atoms with E-state index < -0.39 is 18.0 Å². The summed E-state index contributed by atoms with van der Waals surface area (Å²) < 4.78 is 4.96. The number of hydrogen-bond donors (Lipinski definition) is 1. The first-order chi connectivity index (χ1) is 14.1. The Bertz CT molecular complexity index is 381. The van der Waals surface area contributed by atoms with Crippen LogP contribution in [0.3, 0.4) is 0 Å². The van der Waals surface area contributed by atoms with E-state index in [-0.39, 0.29) is 6.42 Å². The summed E-state index contributed by atoms with van der Waals surface area (Å²) in [5.74, 6) is -1.46. The highest BCUT2D eigenvalue weighted by Crippen LogP contribution is 2.15. The van der Waals surface area contributed by atoms with Crippen LogP contribution in [0, 0.1) is 0 Å². The van der Waals surface area contributed by atoms with Gasteiger partial charge in [-0.25, -0.2) is 4.79 Å². The maximum Gasteiger partial charge on any atom is 0.345 e. The van der Waals surface area contributed by atoms with E-state index in [9.17, 15) is 9.59 Å². The van der Waals surface area contributed by atoms with Gasteiger partial charge in [0.15, 0.2) is 6.10 Å². The highest BCUT2D eigenvalue weighted by molar-refractivity contribution is 5.77. The summed E-state index contributed by atoms with van der Waals surface area (Å²) >= 11 is 0. The van der Waals surface area contributed by atoms with E-state index >= 15 is 0 Å². The summed E-state index contributed by atoms with van der Waals surface area (Å²) in [5, 5.41) is 9.08. The number of carbonyl (C=O) groups excluding carboxylic acids is 1. The van der Waals surface area contributed by atoms with E-state index in [0.717, 1.165) is 19.3 Å². The number of carbonyl (C=O) groups is 2. The van der Waals surface area contributed by atoms with Gasteiger partial charge in [0.2, 0.25) is 0 Å². The van der Waals surface area contributed by atoms with Gasteiger partial charge in [0.25, 0.3) is 0 Å². The Morgan fingerprint density at radius 2 is 0.966 bits per heavy atom. The Labute approximate surface area is 180 Å². The van der Waals surface area contributed by atoms with Crippen LogP contribution in [0.5, 0.6) is 0 Å². The summed E-state index contributed by atoms with van der Waals surface area (Å²) in [6, 6.07) is 0. The molecule has 0 saturated heterocycles. The minimum absolute atomic E-state index is 0.225. The molecule has 1 N–H and O–H groups in total. The second kappa shape index (κ2) is 21.6. The Balaban J connectivity index is 3.29. The molecule has 0 amide bonds.